The van der Waals surface area contributed by atoms with Crippen molar-refractivity contribution < 1.29 is 22.7 Å². The molecule has 1 aromatic heterocycles. The number of esters is 1. The lowest BCUT2D eigenvalue weighted by Gasteiger charge is -2.19. The van der Waals surface area contributed by atoms with Crippen molar-refractivity contribution in [2.75, 3.05) is 30.8 Å². The maximum atomic E-state index is 12.4. The van der Waals surface area contributed by atoms with Gasteiger partial charge in [0.2, 0.25) is 0 Å². The fourth-order valence-corrected chi connectivity index (χ4v) is 2.52. The number of nitrogen functional groups attached to an aromatic ring is 1. The van der Waals surface area contributed by atoms with Crippen LogP contribution in [-0.2, 0) is 4.74 Å². The Kier molecular flexibility index (Phi) is 4.83. The van der Waals surface area contributed by atoms with Gasteiger partial charge in [0.05, 0.1) is 12.3 Å². The van der Waals surface area contributed by atoms with E-state index in [9.17, 15) is 18.0 Å². The Morgan fingerprint density at radius 2 is 2.15 bits per heavy atom. The molecule has 20 heavy (non-hydrogen) atoms. The first-order valence-corrected chi connectivity index (χ1v) is 6.30. The third kappa shape index (κ3) is 3.54. The second kappa shape index (κ2) is 6.00. The van der Waals surface area contributed by atoms with Gasteiger partial charge in [0.15, 0.2) is 0 Å². The molecule has 0 aliphatic rings. The maximum Gasteiger partial charge on any atom is 0.405 e. The van der Waals surface area contributed by atoms with Crippen LogP contribution in [0.5, 0.6) is 0 Å². The van der Waals surface area contributed by atoms with E-state index in [1.165, 1.54) is 7.05 Å². The first-order chi connectivity index (χ1) is 9.21. The summed E-state index contributed by atoms with van der Waals surface area (Å²) in [5, 5.41) is 8.98. The minimum absolute atomic E-state index is 0.00891. The molecule has 0 saturated carbocycles. The summed E-state index contributed by atoms with van der Waals surface area (Å²) < 4.78 is 41.9. The van der Waals surface area contributed by atoms with Gasteiger partial charge in [-0.15, -0.1) is 11.3 Å². The molecule has 0 aliphatic carbocycles. The molecule has 110 valence electrons. The van der Waals surface area contributed by atoms with Crippen molar-refractivity contribution in [1.29, 1.82) is 5.26 Å². The van der Waals surface area contributed by atoms with Crippen LogP contribution in [-0.4, -0.2) is 32.3 Å². The van der Waals surface area contributed by atoms with Gasteiger partial charge in [-0.2, -0.15) is 18.4 Å². The van der Waals surface area contributed by atoms with E-state index in [2.05, 4.69) is 0 Å². The van der Waals surface area contributed by atoms with Gasteiger partial charge in [-0.1, -0.05) is 0 Å². The molecule has 0 unspecified atom stereocenters. The number of nitriles is 1. The Morgan fingerprint density at radius 3 is 2.60 bits per heavy atom. The third-order valence-electron chi connectivity index (χ3n) is 2.26. The Morgan fingerprint density at radius 1 is 1.55 bits per heavy atom. The number of thiophene rings is 1. The number of nitrogens with zero attached hydrogens (tertiary/aromatic N) is 2. The number of ether oxygens (including phenoxy) is 1. The lowest BCUT2D eigenvalue weighted by molar-refractivity contribution is -0.119. The van der Waals surface area contributed by atoms with Crippen molar-refractivity contribution >= 4 is 28.0 Å². The predicted octanol–water partition coefficient (Wildman–Crippen LogP) is 2.38. The average molecular weight is 307 g/mol. The lowest BCUT2D eigenvalue weighted by atomic mass is 10.2. The largest absolute Gasteiger partial charge is 0.462 e. The number of rotatable bonds is 4. The molecule has 0 saturated heterocycles. The summed E-state index contributed by atoms with van der Waals surface area (Å²) in [5.74, 6) is -0.752. The van der Waals surface area contributed by atoms with Gasteiger partial charge in [-0.3, -0.25) is 0 Å². The van der Waals surface area contributed by atoms with Gasteiger partial charge in [0, 0.05) is 7.05 Å². The molecule has 0 spiro atoms. The van der Waals surface area contributed by atoms with Gasteiger partial charge in [-0.05, 0) is 6.92 Å². The van der Waals surface area contributed by atoms with Crippen LogP contribution in [0.1, 0.15) is 22.2 Å². The highest BCUT2D eigenvalue weighted by Crippen LogP contribution is 2.38. The molecule has 1 heterocycles. The van der Waals surface area contributed by atoms with Gasteiger partial charge in [-0.25, -0.2) is 4.79 Å². The molecule has 0 atom stereocenters. The van der Waals surface area contributed by atoms with E-state index in [-0.39, 0.29) is 27.7 Å². The van der Waals surface area contributed by atoms with Crippen molar-refractivity contribution in [2.24, 2.45) is 0 Å². The van der Waals surface area contributed by atoms with Crippen LogP contribution in [0, 0.1) is 11.3 Å². The van der Waals surface area contributed by atoms with Crippen molar-refractivity contribution in [3.8, 4) is 6.07 Å². The summed E-state index contributed by atoms with van der Waals surface area (Å²) in [6.45, 7) is 0.444. The number of halogens is 3. The zero-order valence-electron chi connectivity index (χ0n) is 10.7. The van der Waals surface area contributed by atoms with Gasteiger partial charge < -0.3 is 15.4 Å². The Balaban J connectivity index is 3.18. The highest BCUT2D eigenvalue weighted by atomic mass is 32.1. The van der Waals surface area contributed by atoms with Gasteiger partial charge >= 0.3 is 12.1 Å². The van der Waals surface area contributed by atoms with Crippen molar-refractivity contribution in [3.63, 3.8) is 0 Å². The van der Waals surface area contributed by atoms with E-state index in [4.69, 9.17) is 15.7 Å². The standard InChI is InChI=1S/C11H12F3N3O2S/c1-3-19-10(18)8-7(16)6(4-15)9(20-8)17(2)5-11(12,13)14/h3,5,16H2,1-2H3. The van der Waals surface area contributed by atoms with Crippen LogP contribution >= 0.6 is 11.3 Å². The minimum Gasteiger partial charge on any atom is -0.462 e. The van der Waals surface area contributed by atoms with Crippen molar-refractivity contribution in [3.05, 3.63) is 10.4 Å². The number of alkyl halides is 3. The second-order valence-corrected chi connectivity index (χ2v) is 4.83. The van der Waals surface area contributed by atoms with Gasteiger partial charge in [0.25, 0.3) is 0 Å². The Bertz CT molecular complexity index is 548. The average Bonchev–Trinajstić information content (AvgIpc) is 2.64. The van der Waals surface area contributed by atoms with Crippen molar-refractivity contribution in [1.82, 2.24) is 0 Å². The summed E-state index contributed by atoms with van der Waals surface area (Å²) in [6, 6.07) is 1.72. The molecular weight excluding hydrogens is 295 g/mol. The molecule has 0 aromatic carbocycles. The fourth-order valence-electron chi connectivity index (χ4n) is 1.50. The quantitative estimate of drug-likeness (QED) is 0.864. The van der Waals surface area contributed by atoms with Crippen LogP contribution in [0.25, 0.3) is 0 Å². The van der Waals surface area contributed by atoms with E-state index in [0.717, 1.165) is 4.90 Å². The van der Waals surface area contributed by atoms with E-state index >= 15 is 0 Å². The first-order valence-electron chi connectivity index (χ1n) is 5.48. The topological polar surface area (TPSA) is 79.3 Å². The van der Waals surface area contributed by atoms with Crippen LogP contribution in [0.15, 0.2) is 0 Å². The van der Waals surface area contributed by atoms with Crippen LogP contribution in [0.2, 0.25) is 0 Å². The summed E-state index contributed by atoms with van der Waals surface area (Å²) >= 11 is 0.711. The molecule has 0 aliphatic heterocycles. The monoisotopic (exact) mass is 307 g/mol. The third-order valence-corrected chi connectivity index (χ3v) is 3.56. The molecular formula is C11H12F3N3O2S. The van der Waals surface area contributed by atoms with Crippen LogP contribution in [0.4, 0.5) is 23.9 Å². The number of carbonyl (C=O) groups excluding carboxylic acids is 1. The van der Waals surface area contributed by atoms with E-state index < -0.39 is 18.7 Å². The molecule has 0 amide bonds. The highest BCUT2D eigenvalue weighted by Gasteiger charge is 2.32. The highest BCUT2D eigenvalue weighted by molar-refractivity contribution is 7.18. The van der Waals surface area contributed by atoms with Crippen LogP contribution in [0.3, 0.4) is 0 Å². The maximum absolute atomic E-state index is 12.4. The summed E-state index contributed by atoms with van der Waals surface area (Å²) in [4.78, 5) is 12.4. The normalized spacial score (nSPS) is 11.0. The summed E-state index contributed by atoms with van der Waals surface area (Å²) in [6.07, 6.45) is -4.43. The van der Waals surface area contributed by atoms with Crippen molar-refractivity contribution in [2.45, 2.75) is 13.1 Å². The molecule has 0 bridgehead atoms. The molecule has 9 heteroatoms. The van der Waals surface area contributed by atoms with E-state index in [0.29, 0.717) is 11.3 Å². The SMILES string of the molecule is CCOC(=O)c1sc(N(C)CC(F)(F)F)c(C#N)c1N. The molecule has 5 nitrogen and oxygen atoms in total. The first kappa shape index (κ1) is 16.1. The number of anilines is 2. The number of carbonyl (C=O) groups is 1. The predicted molar refractivity (Wildman–Crippen MR) is 68.7 cm³/mol. The number of hydrogen-bond donors (Lipinski definition) is 1. The molecule has 0 fully saturated rings. The lowest BCUT2D eigenvalue weighted by Crippen LogP contribution is -2.30. The molecule has 1 aromatic rings. The zero-order valence-corrected chi connectivity index (χ0v) is 11.6. The smallest absolute Gasteiger partial charge is 0.405 e. The van der Waals surface area contributed by atoms with E-state index in [1.54, 1.807) is 13.0 Å². The number of nitrogens with two attached hydrogens (primary N) is 1. The second-order valence-electron chi connectivity index (χ2n) is 3.83. The molecule has 2 N–H and O–H groups in total. The zero-order chi connectivity index (χ0) is 15.5. The fraction of sp³-hybridized carbons (Fsp3) is 0.455. The molecule has 0 radical (unpaired) electrons. The molecule has 1 rings (SSSR count). The Labute approximate surface area is 117 Å². The minimum atomic E-state index is -4.43. The summed E-state index contributed by atoms with van der Waals surface area (Å²) in [7, 11) is 1.18. The summed E-state index contributed by atoms with van der Waals surface area (Å²) in [5.41, 5.74) is 5.33. The van der Waals surface area contributed by atoms with E-state index in [1.807, 2.05) is 0 Å². The van der Waals surface area contributed by atoms with Crippen LogP contribution < -0.4 is 10.6 Å². The Hall–Kier alpha value is -1.95. The number of hydrogen-bond acceptors (Lipinski definition) is 6. The van der Waals surface area contributed by atoms with Gasteiger partial charge in [0.1, 0.15) is 28.1 Å².